The van der Waals surface area contributed by atoms with Gasteiger partial charge in [0.2, 0.25) is 17.7 Å². The monoisotopic (exact) mass is 447 g/mol. The maximum Gasteiger partial charge on any atom is 0.243 e. The molecule has 0 aliphatic heterocycles. The normalized spacial score (nSPS) is 29.0. The topological polar surface area (TPSA) is 87.3 Å². The fourth-order valence-corrected chi connectivity index (χ4v) is 6.27. The predicted molar refractivity (Wildman–Crippen MR) is 115 cm³/mol. The summed E-state index contributed by atoms with van der Waals surface area (Å²) < 4.78 is 26.3. The molecule has 1 aromatic carbocycles. The van der Waals surface area contributed by atoms with Gasteiger partial charge in [-0.05, 0) is 74.3 Å². The zero-order valence-corrected chi connectivity index (χ0v) is 18.5. The fourth-order valence-electron chi connectivity index (χ4n) is 6.27. The van der Waals surface area contributed by atoms with Crippen LogP contribution in [-0.4, -0.2) is 30.3 Å². The first-order chi connectivity index (χ1) is 15.1. The molecule has 0 heterocycles. The summed E-state index contributed by atoms with van der Waals surface area (Å²) >= 11 is 0. The van der Waals surface area contributed by atoms with Crippen molar-refractivity contribution in [2.75, 3.05) is 11.9 Å². The Kier molecular flexibility index (Phi) is 6.23. The van der Waals surface area contributed by atoms with E-state index in [1.807, 2.05) is 13.8 Å². The summed E-state index contributed by atoms with van der Waals surface area (Å²) in [5.41, 5.74) is -0.259. The Bertz CT molecular complexity index is 882. The van der Waals surface area contributed by atoms with Crippen molar-refractivity contribution in [2.45, 2.75) is 58.4 Å². The summed E-state index contributed by atoms with van der Waals surface area (Å²) in [5, 5.41) is 7.96. The molecular weight excluding hydrogens is 416 g/mol. The first-order valence-electron chi connectivity index (χ1n) is 11.5. The third-order valence-corrected chi connectivity index (χ3v) is 7.38. The van der Waals surface area contributed by atoms with Gasteiger partial charge >= 0.3 is 0 Å². The van der Waals surface area contributed by atoms with Crippen molar-refractivity contribution in [1.29, 1.82) is 0 Å². The average molecular weight is 448 g/mol. The summed E-state index contributed by atoms with van der Waals surface area (Å²) in [4.78, 5) is 38.2. The van der Waals surface area contributed by atoms with Crippen LogP contribution in [0.1, 0.15) is 52.4 Å². The molecule has 4 aliphatic rings. The van der Waals surface area contributed by atoms with Crippen LogP contribution in [0.15, 0.2) is 18.2 Å². The van der Waals surface area contributed by atoms with Gasteiger partial charge in [0.1, 0.15) is 6.04 Å². The van der Waals surface area contributed by atoms with Crippen LogP contribution in [0.4, 0.5) is 14.5 Å². The second kappa shape index (κ2) is 8.79. The summed E-state index contributed by atoms with van der Waals surface area (Å²) in [6.07, 6.45) is 6.42. The van der Waals surface area contributed by atoms with E-state index < -0.39 is 29.5 Å². The number of anilines is 1. The summed E-state index contributed by atoms with van der Waals surface area (Å²) in [7, 11) is 0. The Morgan fingerprint density at radius 1 is 1.00 bits per heavy atom. The van der Waals surface area contributed by atoms with Crippen molar-refractivity contribution in [1.82, 2.24) is 10.6 Å². The van der Waals surface area contributed by atoms with E-state index in [1.54, 1.807) is 0 Å². The lowest BCUT2D eigenvalue weighted by Crippen LogP contribution is -2.58. The minimum atomic E-state index is -1.07. The Morgan fingerprint density at radius 2 is 1.59 bits per heavy atom. The molecule has 3 amide bonds. The number of rotatable bonds is 7. The maximum absolute atomic E-state index is 13.3. The summed E-state index contributed by atoms with van der Waals surface area (Å²) in [6, 6.07) is 2.28. The predicted octanol–water partition coefficient (Wildman–Crippen LogP) is 3.38. The molecule has 0 aromatic heterocycles. The first kappa shape index (κ1) is 22.7. The van der Waals surface area contributed by atoms with Gasteiger partial charge in [0, 0.05) is 17.2 Å². The minimum absolute atomic E-state index is 0.0308. The van der Waals surface area contributed by atoms with E-state index in [1.165, 1.54) is 25.3 Å². The van der Waals surface area contributed by atoms with Crippen LogP contribution in [0.25, 0.3) is 0 Å². The average Bonchev–Trinajstić information content (AvgIpc) is 2.71. The van der Waals surface area contributed by atoms with Crippen LogP contribution in [-0.2, 0) is 14.4 Å². The van der Waals surface area contributed by atoms with Crippen molar-refractivity contribution in [3.63, 3.8) is 0 Å². The molecule has 0 spiro atoms. The highest BCUT2D eigenvalue weighted by Gasteiger charge is 2.55. The molecule has 8 heteroatoms. The number of hydrogen-bond donors (Lipinski definition) is 3. The largest absolute Gasteiger partial charge is 0.345 e. The number of benzene rings is 1. The van der Waals surface area contributed by atoms with Crippen LogP contribution in [0.3, 0.4) is 0 Å². The van der Waals surface area contributed by atoms with Gasteiger partial charge < -0.3 is 16.0 Å². The molecule has 3 N–H and O–H groups in total. The van der Waals surface area contributed by atoms with E-state index in [0.29, 0.717) is 17.8 Å². The lowest BCUT2D eigenvalue weighted by Gasteiger charge is -2.55. The van der Waals surface area contributed by atoms with E-state index in [4.69, 9.17) is 0 Å². The number of halogens is 2. The van der Waals surface area contributed by atoms with Crippen LogP contribution in [0.5, 0.6) is 0 Å². The van der Waals surface area contributed by atoms with Crippen molar-refractivity contribution < 1.29 is 23.2 Å². The van der Waals surface area contributed by atoms with Crippen molar-refractivity contribution in [2.24, 2.45) is 29.1 Å². The molecule has 4 aliphatic carbocycles. The highest BCUT2D eigenvalue weighted by molar-refractivity contribution is 5.96. The quantitative estimate of drug-likeness (QED) is 0.599. The molecule has 4 fully saturated rings. The first-order valence-corrected chi connectivity index (χ1v) is 11.5. The second-order valence-corrected chi connectivity index (χ2v) is 10.3. The highest BCUT2D eigenvalue weighted by Crippen LogP contribution is 2.60. The molecule has 0 radical (unpaired) electrons. The van der Waals surface area contributed by atoms with Gasteiger partial charge in [-0.2, -0.15) is 0 Å². The van der Waals surface area contributed by atoms with Gasteiger partial charge in [-0.1, -0.05) is 13.8 Å². The number of carbonyl (C=O) groups is 3. The van der Waals surface area contributed by atoms with Gasteiger partial charge in [-0.15, -0.1) is 0 Å². The lowest BCUT2D eigenvalue weighted by molar-refractivity contribution is -0.149. The SMILES string of the molecule is CC(C)[C@H](NC(=O)C12CC3CC(CC(C3)C1)C2)C(=O)NCC(=O)Nc1ccc(F)c(F)c1. The van der Waals surface area contributed by atoms with Gasteiger partial charge in [-0.25, -0.2) is 8.78 Å². The molecule has 0 saturated heterocycles. The maximum atomic E-state index is 13.3. The molecular formula is C24H31F2N3O3. The molecule has 4 bridgehead atoms. The van der Waals surface area contributed by atoms with Gasteiger partial charge in [-0.3, -0.25) is 14.4 Å². The van der Waals surface area contributed by atoms with Crippen molar-refractivity contribution in [3.05, 3.63) is 29.8 Å². The smallest absolute Gasteiger partial charge is 0.243 e. The number of amides is 3. The van der Waals surface area contributed by atoms with E-state index in [0.717, 1.165) is 31.4 Å². The Balaban J connectivity index is 1.33. The summed E-state index contributed by atoms with van der Waals surface area (Å²) in [6.45, 7) is 3.37. The van der Waals surface area contributed by atoms with Crippen LogP contribution in [0, 0.1) is 40.7 Å². The van der Waals surface area contributed by atoms with E-state index in [9.17, 15) is 23.2 Å². The molecule has 4 saturated carbocycles. The fraction of sp³-hybridized carbons (Fsp3) is 0.625. The molecule has 174 valence electrons. The molecule has 6 nitrogen and oxygen atoms in total. The highest BCUT2D eigenvalue weighted by atomic mass is 19.2. The van der Waals surface area contributed by atoms with Gasteiger partial charge in [0.15, 0.2) is 11.6 Å². The summed E-state index contributed by atoms with van der Waals surface area (Å²) in [5.74, 6) is -1.39. The van der Waals surface area contributed by atoms with Crippen LogP contribution in [0.2, 0.25) is 0 Å². The Hall–Kier alpha value is -2.51. The zero-order valence-electron chi connectivity index (χ0n) is 18.5. The van der Waals surface area contributed by atoms with Gasteiger partial charge in [0.25, 0.3) is 0 Å². The minimum Gasteiger partial charge on any atom is -0.345 e. The third-order valence-electron chi connectivity index (χ3n) is 7.38. The van der Waals surface area contributed by atoms with Gasteiger partial charge in [0.05, 0.1) is 6.54 Å². The van der Waals surface area contributed by atoms with E-state index >= 15 is 0 Å². The molecule has 1 aromatic rings. The van der Waals surface area contributed by atoms with Crippen molar-refractivity contribution >= 4 is 23.4 Å². The molecule has 32 heavy (non-hydrogen) atoms. The number of hydrogen-bond acceptors (Lipinski definition) is 3. The standard InChI is InChI=1S/C24H31F2N3O3/c1-13(2)21(22(31)27-12-20(30)28-17-3-4-18(25)19(26)8-17)29-23(32)24-9-14-5-15(10-24)7-16(6-14)11-24/h3-4,8,13-16,21H,5-7,9-12H2,1-2H3,(H,27,31)(H,28,30)(H,29,32)/t14?,15?,16?,21-,24?/m0/s1. The van der Waals surface area contributed by atoms with Crippen LogP contribution < -0.4 is 16.0 Å². The number of nitrogens with one attached hydrogen (secondary N) is 3. The van der Waals surface area contributed by atoms with E-state index in [-0.39, 0.29) is 29.5 Å². The van der Waals surface area contributed by atoms with Crippen LogP contribution >= 0.6 is 0 Å². The van der Waals surface area contributed by atoms with E-state index in [2.05, 4.69) is 16.0 Å². The Labute approximate surface area is 186 Å². The lowest BCUT2D eigenvalue weighted by atomic mass is 9.49. The molecule has 5 rings (SSSR count). The molecule has 0 unspecified atom stereocenters. The number of carbonyl (C=O) groups excluding carboxylic acids is 3. The third kappa shape index (κ3) is 4.64. The zero-order chi connectivity index (χ0) is 23.0. The molecule has 1 atom stereocenters. The van der Waals surface area contributed by atoms with Crippen molar-refractivity contribution in [3.8, 4) is 0 Å². The Morgan fingerprint density at radius 3 is 2.12 bits per heavy atom. The second-order valence-electron chi connectivity index (χ2n) is 10.3.